The van der Waals surface area contributed by atoms with Gasteiger partial charge in [0.25, 0.3) is 5.56 Å². The molecule has 1 aliphatic carbocycles. The molecular formula is C19H29N3O4S2. The molecule has 1 fully saturated rings. The van der Waals surface area contributed by atoms with Gasteiger partial charge in [0, 0.05) is 31.0 Å². The van der Waals surface area contributed by atoms with Crippen LogP contribution in [0.4, 0.5) is 5.13 Å². The van der Waals surface area contributed by atoms with Crippen molar-refractivity contribution in [2.75, 3.05) is 11.6 Å². The number of anilines is 1. The third kappa shape index (κ3) is 6.87. The quantitative estimate of drug-likeness (QED) is 0.805. The molecule has 0 atom stereocenters. The normalized spacial score (nSPS) is 14.8. The third-order valence-corrected chi connectivity index (χ3v) is 6.39. The van der Waals surface area contributed by atoms with Crippen LogP contribution in [-0.4, -0.2) is 30.1 Å². The summed E-state index contributed by atoms with van der Waals surface area (Å²) in [5.41, 5.74) is -0.137. The predicted molar refractivity (Wildman–Crippen MR) is 114 cm³/mol. The van der Waals surface area contributed by atoms with Gasteiger partial charge >= 0.3 is 0 Å². The van der Waals surface area contributed by atoms with Crippen LogP contribution in [0.15, 0.2) is 33.4 Å². The number of nitrogens with one attached hydrogen (secondary N) is 1. The molecule has 0 aromatic carbocycles. The molecule has 7 nitrogen and oxygen atoms in total. The molecule has 1 saturated carbocycles. The number of hydrogen-bond donors (Lipinski definition) is 1. The van der Waals surface area contributed by atoms with E-state index >= 15 is 0 Å². The van der Waals surface area contributed by atoms with Gasteiger partial charge in [-0.05, 0) is 18.9 Å². The molecule has 2 aromatic rings. The number of carbonyl (C=O) groups excluding carboxylic acids is 1. The fraction of sp³-hybridized carbons (Fsp3) is 0.526. The first kappa shape index (κ1) is 22.3. The Morgan fingerprint density at radius 1 is 1.32 bits per heavy atom. The highest BCUT2D eigenvalue weighted by molar-refractivity contribution is 7.90. The summed E-state index contributed by atoms with van der Waals surface area (Å²) in [4.78, 5) is 27.6. The van der Waals surface area contributed by atoms with Crippen molar-refractivity contribution >= 4 is 32.2 Å². The van der Waals surface area contributed by atoms with Crippen molar-refractivity contribution in [2.45, 2.75) is 57.4 Å². The minimum absolute atomic E-state index is 0. The smallest absolute Gasteiger partial charge is 0.252 e. The highest BCUT2D eigenvalue weighted by atomic mass is 32.2. The lowest BCUT2D eigenvalue weighted by Gasteiger charge is -2.15. The van der Waals surface area contributed by atoms with Crippen LogP contribution in [0, 0.1) is 12.8 Å². The average molecular weight is 428 g/mol. The number of carbonyl (C=O) groups is 1. The van der Waals surface area contributed by atoms with E-state index in [1.807, 2.05) is 0 Å². The van der Waals surface area contributed by atoms with Crippen LogP contribution in [0.25, 0.3) is 0 Å². The zero-order valence-corrected chi connectivity index (χ0v) is 18.1. The molecule has 156 valence electrons. The van der Waals surface area contributed by atoms with Crippen molar-refractivity contribution in [1.29, 1.82) is 0 Å². The van der Waals surface area contributed by atoms with Crippen molar-refractivity contribution in [2.24, 2.45) is 5.92 Å². The minimum Gasteiger partial charge on any atom is -0.303 e. The van der Waals surface area contributed by atoms with Crippen LogP contribution in [0.5, 0.6) is 0 Å². The molecule has 28 heavy (non-hydrogen) atoms. The van der Waals surface area contributed by atoms with Gasteiger partial charge in [-0.2, -0.15) is 0 Å². The van der Waals surface area contributed by atoms with Crippen LogP contribution < -0.4 is 10.9 Å². The number of rotatable bonds is 4. The standard InChI is InChI=1S/C12H13N3O4S2.C7H14.H2/c1-8-5-9(21(2,18)19)6-11(17)15(8)7-10(16)14-12-13-3-4-20-12;1-7-5-3-2-4-6-7;/h3-6H,7H2,1-2H3,(H,13,14,16);7H,2-6H2,1H3;1H. The first-order chi connectivity index (χ1) is 13.2. The Labute approximate surface area is 171 Å². The number of aryl methyl sites for hydroxylation is 1. The molecule has 0 bridgehead atoms. The van der Waals surface area contributed by atoms with Crippen LogP contribution in [0.3, 0.4) is 0 Å². The molecule has 9 heteroatoms. The van der Waals surface area contributed by atoms with Gasteiger partial charge in [0.05, 0.1) is 4.90 Å². The van der Waals surface area contributed by atoms with E-state index < -0.39 is 21.3 Å². The second kappa shape index (κ2) is 9.97. The summed E-state index contributed by atoms with van der Waals surface area (Å²) >= 11 is 1.27. The van der Waals surface area contributed by atoms with E-state index in [4.69, 9.17) is 0 Å². The maximum absolute atomic E-state index is 12.0. The van der Waals surface area contributed by atoms with Gasteiger partial charge in [-0.3, -0.25) is 9.59 Å². The lowest BCUT2D eigenvalue weighted by Crippen LogP contribution is -2.29. The maximum Gasteiger partial charge on any atom is 0.252 e. The van der Waals surface area contributed by atoms with Crippen molar-refractivity contribution in [1.82, 2.24) is 9.55 Å². The molecule has 3 rings (SSSR count). The summed E-state index contributed by atoms with van der Waals surface area (Å²) in [5.74, 6) is 0.635. The van der Waals surface area contributed by atoms with Gasteiger partial charge in [-0.1, -0.05) is 39.0 Å². The molecule has 2 aromatic heterocycles. The van der Waals surface area contributed by atoms with Gasteiger partial charge in [-0.25, -0.2) is 13.4 Å². The average Bonchev–Trinajstić information content (AvgIpc) is 3.11. The van der Waals surface area contributed by atoms with Crippen molar-refractivity contribution in [3.05, 3.63) is 39.8 Å². The molecule has 0 aliphatic heterocycles. The van der Waals surface area contributed by atoms with E-state index in [0.29, 0.717) is 10.8 Å². The van der Waals surface area contributed by atoms with E-state index in [2.05, 4.69) is 17.2 Å². The zero-order chi connectivity index (χ0) is 20.7. The molecule has 1 amide bonds. The van der Waals surface area contributed by atoms with E-state index in [0.717, 1.165) is 18.2 Å². The molecule has 0 radical (unpaired) electrons. The summed E-state index contributed by atoms with van der Waals surface area (Å²) in [6.07, 6.45) is 10.0. The van der Waals surface area contributed by atoms with Crippen LogP contribution in [0.2, 0.25) is 0 Å². The van der Waals surface area contributed by atoms with Gasteiger partial charge in [0.15, 0.2) is 15.0 Å². The number of thiazole rings is 1. The lowest BCUT2D eigenvalue weighted by atomic mass is 9.91. The highest BCUT2D eigenvalue weighted by Crippen LogP contribution is 2.22. The van der Waals surface area contributed by atoms with Crippen LogP contribution in [0.1, 0.15) is 46.1 Å². The van der Waals surface area contributed by atoms with Crippen LogP contribution >= 0.6 is 11.3 Å². The SMILES string of the molecule is CC1CCCCC1.Cc1cc(S(C)(=O)=O)cc(=O)n1CC(=O)Nc1nccs1.[HH]. The van der Waals surface area contributed by atoms with Gasteiger partial charge in [0.1, 0.15) is 6.54 Å². The molecule has 0 saturated heterocycles. The van der Waals surface area contributed by atoms with Crippen molar-refractivity contribution in [3.63, 3.8) is 0 Å². The Balaban J connectivity index is 0.000000445. The summed E-state index contributed by atoms with van der Waals surface area (Å²) in [5, 5.41) is 4.72. The van der Waals surface area contributed by atoms with Gasteiger partial charge in [0.2, 0.25) is 5.91 Å². The Kier molecular flexibility index (Phi) is 7.94. The first-order valence-electron chi connectivity index (χ1n) is 9.27. The van der Waals surface area contributed by atoms with E-state index in [-0.39, 0.29) is 12.9 Å². The number of aromatic nitrogens is 2. The number of amides is 1. The molecule has 0 spiro atoms. The summed E-state index contributed by atoms with van der Waals surface area (Å²) in [6.45, 7) is 3.74. The molecular weight excluding hydrogens is 398 g/mol. The van der Waals surface area contributed by atoms with Gasteiger partial charge in [-0.15, -0.1) is 11.3 Å². The fourth-order valence-electron chi connectivity index (χ4n) is 3.01. The largest absolute Gasteiger partial charge is 0.303 e. The van der Waals surface area contributed by atoms with E-state index in [1.165, 1.54) is 54.1 Å². The van der Waals surface area contributed by atoms with E-state index in [9.17, 15) is 18.0 Å². The first-order valence-corrected chi connectivity index (χ1v) is 12.0. The topological polar surface area (TPSA) is 98.1 Å². The molecule has 1 aliphatic rings. The number of pyridine rings is 1. The maximum atomic E-state index is 12.0. The second-order valence-corrected chi connectivity index (χ2v) is 10.1. The summed E-state index contributed by atoms with van der Waals surface area (Å²) in [6, 6.07) is 2.38. The number of hydrogen-bond acceptors (Lipinski definition) is 6. The van der Waals surface area contributed by atoms with Gasteiger partial charge < -0.3 is 9.88 Å². The molecule has 2 heterocycles. The van der Waals surface area contributed by atoms with Crippen molar-refractivity contribution in [3.8, 4) is 0 Å². The number of sulfone groups is 1. The lowest BCUT2D eigenvalue weighted by molar-refractivity contribution is -0.116. The molecule has 0 unspecified atom stereocenters. The number of nitrogens with zero attached hydrogens (tertiary/aromatic N) is 2. The summed E-state index contributed by atoms with van der Waals surface area (Å²) < 4.78 is 24.1. The fourth-order valence-corrected chi connectivity index (χ4v) is 4.25. The Bertz CT molecular complexity index is 950. The Morgan fingerprint density at radius 3 is 2.46 bits per heavy atom. The Hall–Kier alpha value is -2.00. The monoisotopic (exact) mass is 427 g/mol. The second-order valence-electron chi connectivity index (χ2n) is 7.16. The minimum atomic E-state index is -3.46. The highest BCUT2D eigenvalue weighted by Gasteiger charge is 2.14. The van der Waals surface area contributed by atoms with Crippen LogP contribution in [-0.2, 0) is 21.2 Å². The summed E-state index contributed by atoms with van der Waals surface area (Å²) in [7, 11) is -3.46. The Morgan fingerprint density at radius 2 is 2.00 bits per heavy atom. The zero-order valence-electron chi connectivity index (χ0n) is 16.5. The van der Waals surface area contributed by atoms with E-state index in [1.54, 1.807) is 18.5 Å². The predicted octanol–water partition coefficient (Wildman–Crippen LogP) is 3.49. The molecule has 1 N–H and O–H groups in total. The third-order valence-electron chi connectivity index (χ3n) is 4.61. The van der Waals surface area contributed by atoms with Crippen molar-refractivity contribution < 1.29 is 14.6 Å².